The fourth-order valence-corrected chi connectivity index (χ4v) is 5.44. The Labute approximate surface area is 303 Å². The molecule has 0 bridgehead atoms. The Morgan fingerprint density at radius 3 is 1.83 bits per heavy atom. The Balaban J connectivity index is 0.000000185. The molecule has 7 rings (SSSR count). The number of ether oxygens (including phenoxy) is 1. The highest BCUT2D eigenvalue weighted by molar-refractivity contribution is 6.15. The molecule has 0 fully saturated rings. The Bertz CT molecular complexity index is 2410. The van der Waals surface area contributed by atoms with Crippen LogP contribution in [0.25, 0.3) is 33.4 Å². The molecule has 14 nitrogen and oxygen atoms in total. The van der Waals surface area contributed by atoms with E-state index in [1.165, 1.54) is 6.07 Å². The number of phenolic OH excluding ortho intramolecular Hbond substituents is 1. The summed E-state index contributed by atoms with van der Waals surface area (Å²) in [6.07, 6.45) is 0. The fraction of sp³-hybridized carbons (Fsp3) is 0.154. The van der Waals surface area contributed by atoms with Gasteiger partial charge in [-0.05, 0) is 54.1 Å². The normalized spacial score (nSPS) is 11.4. The van der Waals surface area contributed by atoms with Gasteiger partial charge < -0.3 is 24.1 Å². The molecule has 1 N–H and O–H groups in total. The number of hydrogen-bond donors (Lipinski definition) is 1. The third-order valence-electron chi connectivity index (χ3n) is 8.27. The van der Waals surface area contributed by atoms with E-state index in [1.807, 2.05) is 105 Å². The number of nitrogens with zero attached hydrogens (tertiary/aromatic N) is 5. The number of esters is 2. The number of carbonyl (C=O) groups is 2. The lowest BCUT2D eigenvalue weighted by Gasteiger charge is -2.17. The van der Waals surface area contributed by atoms with E-state index in [2.05, 4.69) is 4.74 Å². The zero-order valence-corrected chi connectivity index (χ0v) is 29.8. The van der Waals surface area contributed by atoms with Crippen LogP contribution >= 0.6 is 0 Å². The van der Waals surface area contributed by atoms with Crippen LogP contribution < -0.4 is 19.7 Å². The monoisotopic (exact) mass is 718 g/mol. The summed E-state index contributed by atoms with van der Waals surface area (Å²) < 4.78 is 12.6. The maximum atomic E-state index is 11.1. The minimum absolute atomic E-state index is 0.0517. The topological polar surface area (TPSA) is 173 Å². The van der Waals surface area contributed by atoms with E-state index in [9.17, 15) is 29.8 Å². The van der Waals surface area contributed by atoms with Gasteiger partial charge in [0.15, 0.2) is 0 Å². The molecule has 53 heavy (non-hydrogen) atoms. The number of non-ortho nitro benzene ring substituents is 2. The molecule has 0 spiro atoms. The molecular formula is C39H36N5O9+. The minimum atomic E-state index is -0.839. The van der Waals surface area contributed by atoms with Crippen molar-refractivity contribution in [2.24, 2.45) is 0 Å². The molecule has 1 aliphatic carbocycles. The van der Waals surface area contributed by atoms with Crippen LogP contribution in [0.15, 0.2) is 108 Å². The molecule has 0 amide bonds. The SMILES string of the molecule is CN(C)c1ccc2c(-c3ccc([N+](=O)[O-])cc3)c3ccc(=[N+](C)C)cc-3oc2c1.CN(C)c1cccc(O)c1.O=C1OC(=O)c2cc([N+](=O)[O-])ccc21. The highest BCUT2D eigenvalue weighted by Gasteiger charge is 2.31. The number of aromatic hydroxyl groups is 1. The van der Waals surface area contributed by atoms with Gasteiger partial charge >= 0.3 is 11.9 Å². The van der Waals surface area contributed by atoms with E-state index >= 15 is 0 Å². The summed E-state index contributed by atoms with van der Waals surface area (Å²) in [5, 5.41) is 32.5. The standard InChI is InChI=1S/C23H22N3O3.C8H3NO5.C8H11NO/c1-24(2)17-9-11-19-21(13-17)29-22-14-18(25(3)4)10-12-20(22)23(19)15-5-7-16(8-6-15)26(27)28;10-7-5-2-1-4(9(12)13)3-6(5)8(11)14-7;1-9(2)7-4-3-5-8(10)6-7/h5-14H,1-4H3;1-3H;3-6,10H,1-2H3/q+1;;. The third kappa shape index (κ3) is 8.28. The Hall–Kier alpha value is -7.09. The molecule has 3 aliphatic rings. The average molecular weight is 719 g/mol. The van der Waals surface area contributed by atoms with Gasteiger partial charge in [-0.15, -0.1) is 0 Å². The van der Waals surface area contributed by atoms with Crippen molar-refractivity contribution in [2.45, 2.75) is 0 Å². The number of fused-ring (bicyclic) bond motifs is 3. The van der Waals surface area contributed by atoms with Gasteiger partial charge in [0.1, 0.15) is 31.2 Å². The summed E-state index contributed by atoms with van der Waals surface area (Å²) in [7, 11) is 11.8. The molecule has 2 aliphatic heterocycles. The van der Waals surface area contributed by atoms with Crippen molar-refractivity contribution in [2.75, 3.05) is 52.1 Å². The van der Waals surface area contributed by atoms with Crippen LogP contribution in [0.2, 0.25) is 0 Å². The van der Waals surface area contributed by atoms with Crippen LogP contribution in [0, 0.1) is 20.2 Å². The number of phenols is 1. The molecule has 14 heteroatoms. The van der Waals surface area contributed by atoms with E-state index in [-0.39, 0.29) is 27.4 Å². The molecule has 0 atom stereocenters. The van der Waals surface area contributed by atoms with Gasteiger partial charge in [0.25, 0.3) is 11.4 Å². The predicted molar refractivity (Wildman–Crippen MR) is 202 cm³/mol. The number of nitro benzene ring substituents is 2. The largest absolute Gasteiger partial charge is 0.508 e. The molecule has 4 aromatic rings. The summed E-state index contributed by atoms with van der Waals surface area (Å²) in [6.45, 7) is 0. The summed E-state index contributed by atoms with van der Waals surface area (Å²) in [5.74, 6) is -0.521. The average Bonchev–Trinajstić information content (AvgIpc) is 3.42. The Morgan fingerprint density at radius 1 is 0.642 bits per heavy atom. The van der Waals surface area contributed by atoms with E-state index in [0.29, 0.717) is 5.75 Å². The molecule has 2 heterocycles. The highest BCUT2D eigenvalue weighted by Crippen LogP contribution is 2.41. The zero-order valence-electron chi connectivity index (χ0n) is 29.8. The first-order chi connectivity index (χ1) is 25.1. The quantitative estimate of drug-likeness (QED) is 0.0510. The van der Waals surface area contributed by atoms with Gasteiger partial charge in [-0.1, -0.05) is 6.07 Å². The van der Waals surface area contributed by atoms with E-state index in [0.717, 1.165) is 62.3 Å². The minimum Gasteiger partial charge on any atom is -0.508 e. The van der Waals surface area contributed by atoms with Crippen LogP contribution in [0.1, 0.15) is 20.7 Å². The lowest BCUT2D eigenvalue weighted by molar-refractivity contribution is -0.385. The van der Waals surface area contributed by atoms with Gasteiger partial charge in [-0.2, -0.15) is 0 Å². The second-order valence-corrected chi connectivity index (χ2v) is 12.5. The second kappa shape index (κ2) is 15.4. The van der Waals surface area contributed by atoms with Crippen LogP contribution in [0.4, 0.5) is 22.7 Å². The summed E-state index contributed by atoms with van der Waals surface area (Å²) in [6, 6.07) is 29.4. The molecule has 0 aromatic heterocycles. The van der Waals surface area contributed by atoms with Crippen molar-refractivity contribution in [1.29, 1.82) is 0 Å². The Morgan fingerprint density at radius 2 is 1.25 bits per heavy atom. The summed E-state index contributed by atoms with van der Waals surface area (Å²) in [4.78, 5) is 46.3. The molecule has 270 valence electrons. The number of hydrogen-bond acceptors (Lipinski definition) is 11. The van der Waals surface area contributed by atoms with Crippen LogP contribution in [0.3, 0.4) is 0 Å². The maximum absolute atomic E-state index is 11.1. The van der Waals surface area contributed by atoms with Crippen molar-refractivity contribution in [3.05, 3.63) is 140 Å². The van der Waals surface area contributed by atoms with E-state index < -0.39 is 16.9 Å². The smallest absolute Gasteiger partial charge is 0.347 e. The summed E-state index contributed by atoms with van der Waals surface area (Å²) in [5.41, 5.74) is 5.57. The van der Waals surface area contributed by atoms with Crippen molar-refractivity contribution in [1.82, 2.24) is 4.58 Å². The number of carbonyl (C=O) groups excluding carboxylic acids is 2. The van der Waals surface area contributed by atoms with Crippen molar-refractivity contribution >= 4 is 45.7 Å². The molecule has 0 radical (unpaired) electrons. The number of rotatable bonds is 5. The van der Waals surface area contributed by atoms with Crippen LogP contribution in [0.5, 0.6) is 5.75 Å². The maximum Gasteiger partial charge on any atom is 0.347 e. The molecule has 0 saturated carbocycles. The van der Waals surface area contributed by atoms with Gasteiger partial charge in [-0.3, -0.25) is 20.2 Å². The lowest BCUT2D eigenvalue weighted by Crippen LogP contribution is -2.21. The van der Waals surface area contributed by atoms with Gasteiger partial charge in [0.05, 0.1) is 27.0 Å². The first-order valence-electron chi connectivity index (χ1n) is 16.1. The molecular weight excluding hydrogens is 682 g/mol. The summed E-state index contributed by atoms with van der Waals surface area (Å²) >= 11 is 0. The highest BCUT2D eigenvalue weighted by atomic mass is 16.6. The van der Waals surface area contributed by atoms with Crippen molar-refractivity contribution in [3.8, 4) is 28.2 Å². The Kier molecular flexibility index (Phi) is 10.8. The first-order valence-corrected chi connectivity index (χ1v) is 16.1. The van der Waals surface area contributed by atoms with E-state index in [4.69, 9.17) is 9.52 Å². The van der Waals surface area contributed by atoms with Crippen LogP contribution in [-0.2, 0) is 4.74 Å². The van der Waals surface area contributed by atoms with E-state index in [1.54, 1.807) is 36.4 Å². The number of benzene rings is 5. The van der Waals surface area contributed by atoms with Crippen LogP contribution in [-0.4, -0.2) is 69.2 Å². The van der Waals surface area contributed by atoms with Crippen molar-refractivity contribution in [3.63, 3.8) is 0 Å². The zero-order chi connectivity index (χ0) is 38.6. The van der Waals surface area contributed by atoms with Gasteiger partial charge in [0.2, 0.25) is 5.36 Å². The molecule has 4 aromatic carbocycles. The molecule has 0 unspecified atom stereocenters. The number of anilines is 2. The lowest BCUT2D eigenvalue weighted by atomic mass is 9.93. The van der Waals surface area contributed by atoms with Crippen molar-refractivity contribution < 1.29 is 33.7 Å². The third-order valence-corrected chi connectivity index (χ3v) is 8.27. The second-order valence-electron chi connectivity index (χ2n) is 12.5. The predicted octanol–water partition coefficient (Wildman–Crippen LogP) is 6.57. The van der Waals surface area contributed by atoms with Gasteiger partial charge in [-0.25, -0.2) is 14.2 Å². The fourth-order valence-electron chi connectivity index (χ4n) is 5.44. The molecule has 0 saturated heterocycles. The number of cyclic esters (lactones) is 2. The van der Waals surface area contributed by atoms with Gasteiger partial charge in [0, 0.05) is 98.5 Å². The first kappa shape index (κ1) is 37.2. The number of nitro groups is 2.